The number of ether oxygens (including phenoxy) is 1. The van der Waals surface area contributed by atoms with Gasteiger partial charge in [-0.05, 0) is 50.8 Å². The van der Waals surface area contributed by atoms with Crippen molar-refractivity contribution in [1.82, 2.24) is 9.21 Å². The molecule has 3 rings (SSSR count). The van der Waals surface area contributed by atoms with Crippen LogP contribution in [0.4, 0.5) is 0 Å². The number of hydrogen-bond acceptors (Lipinski definition) is 5. The zero-order valence-electron chi connectivity index (χ0n) is 19.3. The van der Waals surface area contributed by atoms with Gasteiger partial charge in [-0.3, -0.25) is 9.59 Å². The van der Waals surface area contributed by atoms with Gasteiger partial charge in [-0.25, -0.2) is 8.42 Å². The van der Waals surface area contributed by atoms with Crippen molar-refractivity contribution in [3.05, 3.63) is 65.7 Å². The summed E-state index contributed by atoms with van der Waals surface area (Å²) in [4.78, 5) is 26.9. The Labute approximate surface area is 196 Å². The van der Waals surface area contributed by atoms with E-state index in [0.29, 0.717) is 39.0 Å². The molecule has 0 radical (unpaired) electrons. The largest absolute Gasteiger partial charge is 0.466 e. The highest BCUT2D eigenvalue weighted by Gasteiger charge is 2.32. The highest BCUT2D eigenvalue weighted by molar-refractivity contribution is 7.89. The quantitative estimate of drug-likeness (QED) is 0.524. The van der Waals surface area contributed by atoms with Crippen molar-refractivity contribution in [2.75, 3.05) is 32.8 Å². The molecule has 2 aromatic rings. The Hall–Kier alpha value is -2.71. The summed E-state index contributed by atoms with van der Waals surface area (Å²) in [5.74, 6) is -0.684. The predicted molar refractivity (Wildman–Crippen MR) is 126 cm³/mol. The summed E-state index contributed by atoms with van der Waals surface area (Å²) >= 11 is 0. The number of nitrogens with zero attached hydrogens (tertiary/aromatic N) is 2. The van der Waals surface area contributed by atoms with Gasteiger partial charge in [-0.15, -0.1) is 0 Å². The monoisotopic (exact) mass is 472 g/mol. The number of sulfonamides is 1. The standard InChI is InChI=1S/C25H32N2O5S/c1-3-32-25(29)22-14-16-26(17-15-22)24(28)19-27(18-13-21-7-5-4-6-8-21)33(30,31)23-11-9-20(2)10-12-23/h4-12,22H,3,13-19H2,1-2H3. The maximum Gasteiger partial charge on any atom is 0.309 e. The van der Waals surface area contributed by atoms with E-state index in [-0.39, 0.29) is 35.8 Å². The highest BCUT2D eigenvalue weighted by Crippen LogP contribution is 2.21. The molecule has 1 heterocycles. The number of esters is 1. The number of carbonyl (C=O) groups is 2. The number of hydrogen-bond donors (Lipinski definition) is 0. The molecule has 1 amide bonds. The molecule has 8 heteroatoms. The average molecular weight is 473 g/mol. The second-order valence-corrected chi connectivity index (χ2v) is 10.2. The molecule has 0 atom stereocenters. The Morgan fingerprint density at radius 1 is 1.03 bits per heavy atom. The smallest absolute Gasteiger partial charge is 0.309 e. The number of aryl methyl sites for hydroxylation is 1. The molecule has 0 saturated carbocycles. The molecule has 0 unspecified atom stereocenters. The first-order valence-corrected chi connectivity index (χ1v) is 12.8. The molecule has 1 saturated heterocycles. The van der Waals surface area contributed by atoms with E-state index in [0.717, 1.165) is 11.1 Å². The van der Waals surface area contributed by atoms with Crippen molar-refractivity contribution in [3.63, 3.8) is 0 Å². The van der Waals surface area contributed by atoms with Crippen LogP contribution < -0.4 is 0 Å². The lowest BCUT2D eigenvalue weighted by Crippen LogP contribution is -2.47. The van der Waals surface area contributed by atoms with Gasteiger partial charge < -0.3 is 9.64 Å². The minimum atomic E-state index is -3.84. The molecule has 7 nitrogen and oxygen atoms in total. The van der Waals surface area contributed by atoms with E-state index in [2.05, 4.69) is 0 Å². The van der Waals surface area contributed by atoms with E-state index in [1.165, 1.54) is 4.31 Å². The topological polar surface area (TPSA) is 84.0 Å². The van der Waals surface area contributed by atoms with Crippen molar-refractivity contribution in [1.29, 1.82) is 0 Å². The highest BCUT2D eigenvalue weighted by atomic mass is 32.2. The molecule has 0 spiro atoms. The van der Waals surface area contributed by atoms with Gasteiger partial charge in [0.05, 0.1) is 24.0 Å². The predicted octanol–water partition coefficient (Wildman–Crippen LogP) is 3.03. The van der Waals surface area contributed by atoms with Crippen molar-refractivity contribution >= 4 is 21.9 Å². The van der Waals surface area contributed by atoms with Crippen LogP contribution in [0.2, 0.25) is 0 Å². The molecule has 178 valence electrons. The normalized spacial score (nSPS) is 14.9. The third kappa shape index (κ3) is 6.65. The maximum absolute atomic E-state index is 13.4. The zero-order valence-corrected chi connectivity index (χ0v) is 20.1. The Morgan fingerprint density at radius 2 is 1.67 bits per heavy atom. The van der Waals surface area contributed by atoms with Gasteiger partial charge in [0.25, 0.3) is 0 Å². The summed E-state index contributed by atoms with van der Waals surface area (Å²) in [6.07, 6.45) is 1.56. The fourth-order valence-electron chi connectivity index (χ4n) is 3.92. The first kappa shape index (κ1) is 24.9. The SMILES string of the molecule is CCOC(=O)C1CCN(C(=O)CN(CCc2ccccc2)S(=O)(=O)c2ccc(C)cc2)CC1. The van der Waals surface area contributed by atoms with Gasteiger partial charge in [-0.1, -0.05) is 48.0 Å². The van der Waals surface area contributed by atoms with Crippen molar-refractivity contribution < 1.29 is 22.7 Å². The lowest BCUT2D eigenvalue weighted by Gasteiger charge is -2.32. The fraction of sp³-hybridized carbons (Fsp3) is 0.440. The first-order chi connectivity index (χ1) is 15.8. The summed E-state index contributed by atoms with van der Waals surface area (Å²) in [7, 11) is -3.84. The number of amides is 1. The van der Waals surface area contributed by atoms with Crippen LogP contribution in [0.25, 0.3) is 0 Å². The van der Waals surface area contributed by atoms with Crippen LogP contribution in [0.5, 0.6) is 0 Å². The van der Waals surface area contributed by atoms with Crippen LogP contribution in [-0.2, 0) is 30.8 Å². The molecule has 0 bridgehead atoms. The number of likely N-dealkylation sites (tertiary alicyclic amines) is 1. The number of benzene rings is 2. The number of piperidine rings is 1. The van der Waals surface area contributed by atoms with Crippen molar-refractivity contribution in [2.45, 2.75) is 38.0 Å². The first-order valence-electron chi connectivity index (χ1n) is 11.4. The van der Waals surface area contributed by atoms with Gasteiger partial charge >= 0.3 is 5.97 Å². The molecule has 1 aliphatic heterocycles. The number of carbonyl (C=O) groups excluding carboxylic acids is 2. The van der Waals surface area contributed by atoms with Gasteiger partial charge in [-0.2, -0.15) is 4.31 Å². The zero-order chi connectivity index (χ0) is 23.8. The maximum atomic E-state index is 13.4. The molecule has 0 aliphatic carbocycles. The lowest BCUT2D eigenvalue weighted by atomic mass is 9.97. The molecule has 1 fully saturated rings. The average Bonchev–Trinajstić information content (AvgIpc) is 2.82. The summed E-state index contributed by atoms with van der Waals surface area (Å²) in [6, 6.07) is 16.3. The van der Waals surface area contributed by atoms with Gasteiger partial charge in [0, 0.05) is 19.6 Å². The Morgan fingerprint density at radius 3 is 2.27 bits per heavy atom. The van der Waals surface area contributed by atoms with E-state index in [1.807, 2.05) is 37.3 Å². The summed E-state index contributed by atoms with van der Waals surface area (Å²) < 4.78 is 33.1. The summed E-state index contributed by atoms with van der Waals surface area (Å²) in [5.41, 5.74) is 1.97. The minimum absolute atomic E-state index is 0.176. The second kappa shape index (κ2) is 11.4. The van der Waals surface area contributed by atoms with E-state index >= 15 is 0 Å². The third-order valence-electron chi connectivity index (χ3n) is 5.93. The molecule has 2 aromatic carbocycles. The van der Waals surface area contributed by atoms with E-state index in [1.54, 1.807) is 36.1 Å². The van der Waals surface area contributed by atoms with Gasteiger partial charge in [0.15, 0.2) is 0 Å². The summed E-state index contributed by atoms with van der Waals surface area (Å²) in [5, 5.41) is 0. The van der Waals surface area contributed by atoms with Crippen LogP contribution in [0.15, 0.2) is 59.5 Å². The molecule has 1 aliphatic rings. The fourth-order valence-corrected chi connectivity index (χ4v) is 5.31. The Balaban J connectivity index is 1.71. The lowest BCUT2D eigenvalue weighted by molar-refractivity contribution is -0.151. The van der Waals surface area contributed by atoms with Crippen LogP contribution in [0.1, 0.15) is 30.9 Å². The third-order valence-corrected chi connectivity index (χ3v) is 7.79. The Bertz CT molecular complexity index is 1030. The van der Waals surface area contributed by atoms with Gasteiger partial charge in [0.2, 0.25) is 15.9 Å². The molecule has 0 N–H and O–H groups in total. The molecular weight excluding hydrogens is 440 g/mol. The van der Waals surface area contributed by atoms with E-state index in [9.17, 15) is 18.0 Å². The van der Waals surface area contributed by atoms with Crippen molar-refractivity contribution in [3.8, 4) is 0 Å². The van der Waals surface area contributed by atoms with Crippen LogP contribution in [0, 0.1) is 12.8 Å². The number of rotatable bonds is 9. The second-order valence-electron chi connectivity index (χ2n) is 8.29. The van der Waals surface area contributed by atoms with Gasteiger partial charge in [0.1, 0.15) is 0 Å². The van der Waals surface area contributed by atoms with E-state index < -0.39 is 10.0 Å². The van der Waals surface area contributed by atoms with Crippen LogP contribution >= 0.6 is 0 Å². The van der Waals surface area contributed by atoms with Crippen molar-refractivity contribution in [2.24, 2.45) is 5.92 Å². The molecule has 0 aromatic heterocycles. The molecule has 33 heavy (non-hydrogen) atoms. The Kier molecular flexibility index (Phi) is 8.63. The molecular formula is C25H32N2O5S. The van der Waals surface area contributed by atoms with Crippen LogP contribution in [-0.4, -0.2) is 62.3 Å². The summed E-state index contributed by atoms with van der Waals surface area (Å²) in [6.45, 7) is 4.81. The van der Waals surface area contributed by atoms with Crippen LogP contribution in [0.3, 0.4) is 0 Å². The van der Waals surface area contributed by atoms with E-state index in [4.69, 9.17) is 4.74 Å². The minimum Gasteiger partial charge on any atom is -0.466 e.